The average molecular weight is 446 g/mol. The van der Waals surface area contributed by atoms with Gasteiger partial charge in [-0.1, -0.05) is 52.0 Å². The Bertz CT molecular complexity index is 796. The van der Waals surface area contributed by atoms with Gasteiger partial charge in [0, 0.05) is 13.1 Å². The number of amides is 3. The number of carbonyl (C=O) groups excluding carboxylic acids is 3. The van der Waals surface area contributed by atoms with E-state index < -0.39 is 23.8 Å². The molecular weight excluding hydrogens is 406 g/mol. The first-order valence-electron chi connectivity index (χ1n) is 11.6. The molecule has 1 aromatic carbocycles. The molecule has 0 unspecified atom stereocenters. The van der Waals surface area contributed by atoms with E-state index in [4.69, 9.17) is 4.74 Å². The molecule has 2 N–H and O–H groups in total. The normalized spacial score (nSPS) is 17.4. The molecule has 0 radical (unpaired) electrons. The molecule has 1 aliphatic heterocycles. The van der Waals surface area contributed by atoms with Gasteiger partial charge in [-0.05, 0) is 56.6 Å². The molecule has 0 bridgehead atoms. The Balaban J connectivity index is 2.01. The van der Waals surface area contributed by atoms with Crippen LogP contribution in [0.3, 0.4) is 0 Å². The molecule has 32 heavy (non-hydrogen) atoms. The van der Waals surface area contributed by atoms with E-state index in [2.05, 4.69) is 36.6 Å². The number of rotatable bonds is 7. The number of benzene rings is 1. The average Bonchev–Trinajstić information content (AvgIpc) is 3.18. The first-order chi connectivity index (χ1) is 14.9. The van der Waals surface area contributed by atoms with Crippen LogP contribution in [0, 0.1) is 5.92 Å². The van der Waals surface area contributed by atoms with Crippen molar-refractivity contribution in [3.8, 4) is 0 Å². The van der Waals surface area contributed by atoms with Gasteiger partial charge in [-0.25, -0.2) is 4.79 Å². The summed E-state index contributed by atoms with van der Waals surface area (Å²) in [6, 6.07) is 6.92. The topological polar surface area (TPSA) is 87.7 Å². The van der Waals surface area contributed by atoms with Gasteiger partial charge >= 0.3 is 6.09 Å². The van der Waals surface area contributed by atoms with E-state index in [0.717, 1.165) is 12.0 Å². The first kappa shape index (κ1) is 25.7. The van der Waals surface area contributed by atoms with Crippen LogP contribution >= 0.6 is 0 Å². The van der Waals surface area contributed by atoms with Crippen LogP contribution in [0.1, 0.15) is 78.4 Å². The van der Waals surface area contributed by atoms with Crippen molar-refractivity contribution in [2.24, 2.45) is 5.92 Å². The molecule has 2 rings (SSSR count). The molecule has 7 heteroatoms. The Morgan fingerprint density at radius 2 is 1.72 bits per heavy atom. The van der Waals surface area contributed by atoms with E-state index in [-0.39, 0.29) is 17.7 Å². The Hall–Kier alpha value is -2.57. The van der Waals surface area contributed by atoms with E-state index in [1.807, 2.05) is 26.0 Å². The zero-order valence-corrected chi connectivity index (χ0v) is 20.5. The summed E-state index contributed by atoms with van der Waals surface area (Å²) >= 11 is 0. The van der Waals surface area contributed by atoms with Gasteiger partial charge in [-0.15, -0.1) is 0 Å². The maximum atomic E-state index is 13.3. The van der Waals surface area contributed by atoms with Crippen molar-refractivity contribution in [2.45, 2.75) is 91.5 Å². The number of hydrogen-bond acceptors (Lipinski definition) is 4. The molecule has 1 aromatic rings. The lowest BCUT2D eigenvalue weighted by Crippen LogP contribution is -2.55. The summed E-state index contributed by atoms with van der Waals surface area (Å²) in [4.78, 5) is 40.0. The highest BCUT2D eigenvalue weighted by Gasteiger charge is 2.39. The van der Waals surface area contributed by atoms with E-state index in [9.17, 15) is 14.4 Å². The number of hydrogen-bond donors (Lipinski definition) is 2. The lowest BCUT2D eigenvalue weighted by atomic mass is 10.0. The second-order valence-electron chi connectivity index (χ2n) is 10.2. The highest BCUT2D eigenvalue weighted by atomic mass is 16.6. The van der Waals surface area contributed by atoms with Crippen molar-refractivity contribution in [2.75, 3.05) is 6.54 Å². The molecule has 1 fully saturated rings. The van der Waals surface area contributed by atoms with Gasteiger partial charge in [0.25, 0.3) is 0 Å². The van der Waals surface area contributed by atoms with E-state index in [0.29, 0.717) is 25.4 Å². The van der Waals surface area contributed by atoms with Crippen molar-refractivity contribution in [3.63, 3.8) is 0 Å². The standard InChI is InChI=1S/C25H39N3O4/c1-16(2)19-12-10-18(11-13-19)15-26-22(29)20-9-8-14-28(20)23(30)21(17(3)4)27-24(31)32-25(5,6)7/h10-13,16-17,20-21H,8-9,14-15H2,1-7H3,(H,26,29)(H,27,31)/t20-,21-/m0/s1. The molecule has 7 nitrogen and oxygen atoms in total. The molecule has 0 saturated carbocycles. The van der Waals surface area contributed by atoms with Gasteiger partial charge in [-0.3, -0.25) is 9.59 Å². The van der Waals surface area contributed by atoms with E-state index in [1.165, 1.54) is 5.56 Å². The van der Waals surface area contributed by atoms with Crippen molar-refractivity contribution >= 4 is 17.9 Å². The highest BCUT2D eigenvalue weighted by molar-refractivity contribution is 5.92. The molecule has 178 valence electrons. The second kappa shape index (κ2) is 10.8. The Morgan fingerprint density at radius 1 is 1.09 bits per heavy atom. The summed E-state index contributed by atoms with van der Waals surface area (Å²) in [5.41, 5.74) is 1.62. The molecule has 2 atom stereocenters. The number of likely N-dealkylation sites (tertiary alicyclic amines) is 1. The van der Waals surface area contributed by atoms with Crippen LogP contribution in [0.2, 0.25) is 0 Å². The van der Waals surface area contributed by atoms with Crippen LogP contribution in [0.5, 0.6) is 0 Å². The maximum Gasteiger partial charge on any atom is 0.408 e. The van der Waals surface area contributed by atoms with Gasteiger partial charge in [0.05, 0.1) is 0 Å². The molecule has 0 spiro atoms. The summed E-state index contributed by atoms with van der Waals surface area (Å²) < 4.78 is 5.32. The zero-order valence-electron chi connectivity index (χ0n) is 20.5. The molecule has 3 amide bonds. The lowest BCUT2D eigenvalue weighted by Gasteiger charge is -2.31. The van der Waals surface area contributed by atoms with Crippen LogP contribution < -0.4 is 10.6 Å². The van der Waals surface area contributed by atoms with Gasteiger partial charge in [-0.2, -0.15) is 0 Å². The minimum Gasteiger partial charge on any atom is -0.444 e. The van der Waals surface area contributed by atoms with E-state index >= 15 is 0 Å². The minimum atomic E-state index is -0.748. The summed E-state index contributed by atoms with van der Waals surface area (Å²) in [7, 11) is 0. The number of nitrogens with one attached hydrogen (secondary N) is 2. The lowest BCUT2D eigenvalue weighted by molar-refractivity contribution is -0.140. The summed E-state index contributed by atoms with van der Waals surface area (Å²) in [5, 5.41) is 5.67. The minimum absolute atomic E-state index is 0.140. The summed E-state index contributed by atoms with van der Waals surface area (Å²) in [6.07, 6.45) is 0.736. The number of ether oxygens (including phenoxy) is 1. The third-order valence-corrected chi connectivity index (χ3v) is 5.56. The van der Waals surface area contributed by atoms with Gasteiger partial charge in [0.15, 0.2) is 0 Å². The molecular formula is C25H39N3O4. The summed E-state index contributed by atoms with van der Waals surface area (Å²) in [6.45, 7) is 14.3. The third-order valence-electron chi connectivity index (χ3n) is 5.56. The summed E-state index contributed by atoms with van der Waals surface area (Å²) in [5.74, 6) is -0.0907. The largest absolute Gasteiger partial charge is 0.444 e. The Labute approximate surface area is 192 Å². The van der Waals surface area contributed by atoms with Crippen molar-refractivity contribution in [1.82, 2.24) is 15.5 Å². The van der Waals surface area contributed by atoms with Gasteiger partial charge in [0.1, 0.15) is 17.7 Å². The fraction of sp³-hybridized carbons (Fsp3) is 0.640. The molecule has 0 aromatic heterocycles. The Morgan fingerprint density at radius 3 is 2.25 bits per heavy atom. The fourth-order valence-electron chi connectivity index (χ4n) is 3.76. The number of nitrogens with zero attached hydrogens (tertiary/aromatic N) is 1. The van der Waals surface area contributed by atoms with Crippen LogP contribution in [0.25, 0.3) is 0 Å². The third kappa shape index (κ3) is 7.24. The SMILES string of the molecule is CC(C)c1ccc(CNC(=O)[C@@H]2CCCN2C(=O)[C@@H](NC(=O)OC(C)(C)C)C(C)C)cc1. The van der Waals surface area contributed by atoms with Crippen LogP contribution in [0.15, 0.2) is 24.3 Å². The van der Waals surface area contributed by atoms with Crippen molar-refractivity contribution in [3.05, 3.63) is 35.4 Å². The second-order valence-corrected chi connectivity index (χ2v) is 10.2. The van der Waals surface area contributed by atoms with Crippen LogP contribution in [-0.2, 0) is 20.9 Å². The monoisotopic (exact) mass is 445 g/mol. The first-order valence-corrected chi connectivity index (χ1v) is 11.6. The number of alkyl carbamates (subject to hydrolysis) is 1. The maximum absolute atomic E-state index is 13.3. The molecule has 1 heterocycles. The molecule has 1 saturated heterocycles. The highest BCUT2D eigenvalue weighted by Crippen LogP contribution is 2.21. The zero-order chi connectivity index (χ0) is 24.1. The fourth-order valence-corrected chi connectivity index (χ4v) is 3.76. The van der Waals surface area contributed by atoms with Crippen molar-refractivity contribution in [1.29, 1.82) is 0 Å². The predicted octanol–water partition coefficient (Wildman–Crippen LogP) is 3.97. The van der Waals surface area contributed by atoms with E-state index in [1.54, 1.807) is 25.7 Å². The smallest absolute Gasteiger partial charge is 0.408 e. The van der Waals surface area contributed by atoms with Crippen molar-refractivity contribution < 1.29 is 19.1 Å². The Kier molecular flexibility index (Phi) is 8.70. The van der Waals surface area contributed by atoms with Crippen LogP contribution in [0.4, 0.5) is 4.79 Å². The van der Waals surface area contributed by atoms with Gasteiger partial charge < -0.3 is 20.3 Å². The number of carbonyl (C=O) groups is 3. The predicted molar refractivity (Wildman–Crippen MR) is 125 cm³/mol. The van der Waals surface area contributed by atoms with Gasteiger partial charge in [0.2, 0.25) is 11.8 Å². The molecule has 0 aliphatic carbocycles. The van der Waals surface area contributed by atoms with Crippen LogP contribution in [-0.4, -0.2) is 47.0 Å². The molecule has 1 aliphatic rings. The quantitative estimate of drug-likeness (QED) is 0.665.